The van der Waals surface area contributed by atoms with Crippen molar-refractivity contribution in [3.8, 4) is 0 Å². The molecule has 0 unspecified atom stereocenters. The van der Waals surface area contributed by atoms with E-state index in [1.807, 2.05) is 0 Å². The first-order chi connectivity index (χ1) is 8.15. The number of carbonyl (C=O) groups excluding carboxylic acids is 1. The summed E-state index contributed by atoms with van der Waals surface area (Å²) in [6.07, 6.45) is 6.49. The molecule has 90 valence electrons. The SMILES string of the molecule is Cn1cc(C(=O)NCCn2cc(N)cn2)cn1. The molecule has 0 saturated heterocycles. The van der Waals surface area contributed by atoms with Crippen LogP contribution in [-0.2, 0) is 13.6 Å². The number of hydrogen-bond acceptors (Lipinski definition) is 4. The molecule has 0 atom stereocenters. The van der Waals surface area contributed by atoms with E-state index < -0.39 is 0 Å². The molecule has 1 amide bonds. The molecule has 0 fully saturated rings. The maximum absolute atomic E-state index is 11.6. The van der Waals surface area contributed by atoms with Crippen molar-refractivity contribution in [1.29, 1.82) is 0 Å². The highest BCUT2D eigenvalue weighted by Crippen LogP contribution is 1.98. The maximum atomic E-state index is 11.6. The van der Waals surface area contributed by atoms with Gasteiger partial charge in [0.2, 0.25) is 0 Å². The van der Waals surface area contributed by atoms with Gasteiger partial charge in [0.1, 0.15) is 0 Å². The normalized spacial score (nSPS) is 10.4. The molecular formula is C10H14N6O. The number of aromatic nitrogens is 4. The van der Waals surface area contributed by atoms with E-state index in [2.05, 4.69) is 15.5 Å². The van der Waals surface area contributed by atoms with Gasteiger partial charge in [0.25, 0.3) is 5.91 Å². The summed E-state index contributed by atoms with van der Waals surface area (Å²) < 4.78 is 3.27. The molecule has 0 radical (unpaired) electrons. The first-order valence-corrected chi connectivity index (χ1v) is 5.20. The van der Waals surface area contributed by atoms with Gasteiger partial charge >= 0.3 is 0 Å². The zero-order valence-electron chi connectivity index (χ0n) is 9.50. The quantitative estimate of drug-likeness (QED) is 0.755. The van der Waals surface area contributed by atoms with Crippen LogP contribution in [0.2, 0.25) is 0 Å². The van der Waals surface area contributed by atoms with Gasteiger partial charge in [-0.3, -0.25) is 14.2 Å². The lowest BCUT2D eigenvalue weighted by Crippen LogP contribution is -2.27. The first kappa shape index (κ1) is 11.2. The maximum Gasteiger partial charge on any atom is 0.254 e. The Labute approximate surface area is 98.2 Å². The minimum atomic E-state index is -0.141. The molecule has 0 aliphatic rings. The lowest BCUT2D eigenvalue weighted by Gasteiger charge is -2.03. The average molecular weight is 234 g/mol. The van der Waals surface area contributed by atoms with Crippen LogP contribution in [0.4, 0.5) is 5.69 Å². The van der Waals surface area contributed by atoms with Gasteiger partial charge in [0, 0.05) is 26.0 Å². The van der Waals surface area contributed by atoms with E-state index in [1.165, 1.54) is 6.20 Å². The summed E-state index contributed by atoms with van der Waals surface area (Å²) in [6.45, 7) is 1.08. The van der Waals surface area contributed by atoms with E-state index >= 15 is 0 Å². The highest BCUT2D eigenvalue weighted by Gasteiger charge is 2.06. The van der Waals surface area contributed by atoms with Crippen molar-refractivity contribution in [3.63, 3.8) is 0 Å². The molecule has 7 heteroatoms. The Hall–Kier alpha value is -2.31. The van der Waals surface area contributed by atoms with Gasteiger partial charge in [-0.25, -0.2) is 0 Å². The Morgan fingerprint density at radius 1 is 1.41 bits per heavy atom. The molecule has 7 nitrogen and oxygen atoms in total. The number of nitrogens with two attached hydrogens (primary N) is 1. The summed E-state index contributed by atoms with van der Waals surface area (Å²) in [5.74, 6) is -0.141. The molecule has 2 rings (SSSR count). The highest BCUT2D eigenvalue weighted by molar-refractivity contribution is 5.93. The molecule has 0 bridgehead atoms. The number of nitrogen functional groups attached to an aromatic ring is 1. The van der Waals surface area contributed by atoms with Crippen LogP contribution in [0.1, 0.15) is 10.4 Å². The van der Waals surface area contributed by atoms with E-state index in [-0.39, 0.29) is 5.91 Å². The second kappa shape index (κ2) is 4.69. The van der Waals surface area contributed by atoms with E-state index in [0.717, 1.165) is 0 Å². The van der Waals surface area contributed by atoms with Crippen molar-refractivity contribution in [2.24, 2.45) is 7.05 Å². The van der Waals surface area contributed by atoms with Crippen LogP contribution < -0.4 is 11.1 Å². The molecule has 2 aromatic heterocycles. The standard InChI is InChI=1S/C10H14N6O/c1-15-6-8(4-13-15)10(17)12-2-3-16-7-9(11)5-14-16/h4-7H,2-3,11H2,1H3,(H,12,17). The lowest BCUT2D eigenvalue weighted by molar-refractivity contribution is 0.0952. The Bertz CT molecular complexity index is 514. The van der Waals surface area contributed by atoms with Crippen molar-refractivity contribution in [2.45, 2.75) is 6.54 Å². The smallest absolute Gasteiger partial charge is 0.254 e. The molecule has 2 heterocycles. The predicted molar refractivity (Wildman–Crippen MR) is 62.2 cm³/mol. The second-order valence-corrected chi connectivity index (χ2v) is 3.70. The number of aryl methyl sites for hydroxylation is 1. The predicted octanol–water partition coefficient (Wildman–Crippen LogP) is -0.371. The summed E-state index contributed by atoms with van der Waals surface area (Å²) >= 11 is 0. The van der Waals surface area contributed by atoms with Crippen LogP contribution in [0.3, 0.4) is 0 Å². The molecule has 0 aliphatic heterocycles. The minimum absolute atomic E-state index is 0.141. The largest absolute Gasteiger partial charge is 0.396 e. The van der Waals surface area contributed by atoms with Crippen molar-refractivity contribution >= 4 is 11.6 Å². The second-order valence-electron chi connectivity index (χ2n) is 3.70. The topological polar surface area (TPSA) is 90.8 Å². The number of anilines is 1. The van der Waals surface area contributed by atoms with Gasteiger partial charge in [0.15, 0.2) is 0 Å². The monoisotopic (exact) mass is 234 g/mol. The van der Waals surface area contributed by atoms with Gasteiger partial charge in [-0.15, -0.1) is 0 Å². The molecule has 0 spiro atoms. The van der Waals surface area contributed by atoms with E-state index in [4.69, 9.17) is 5.73 Å². The van der Waals surface area contributed by atoms with Crippen molar-refractivity contribution < 1.29 is 4.79 Å². The van der Waals surface area contributed by atoms with Crippen LogP contribution in [-0.4, -0.2) is 32.0 Å². The van der Waals surface area contributed by atoms with Gasteiger partial charge in [0.05, 0.1) is 30.2 Å². The van der Waals surface area contributed by atoms with Crippen LogP contribution in [0.25, 0.3) is 0 Å². The zero-order chi connectivity index (χ0) is 12.3. The number of nitrogens with zero attached hydrogens (tertiary/aromatic N) is 4. The Balaban J connectivity index is 1.81. The molecule has 17 heavy (non-hydrogen) atoms. The van der Waals surface area contributed by atoms with Gasteiger partial charge in [-0.2, -0.15) is 10.2 Å². The van der Waals surface area contributed by atoms with Crippen LogP contribution in [0, 0.1) is 0 Å². The van der Waals surface area contributed by atoms with E-state index in [9.17, 15) is 4.79 Å². The third-order valence-corrected chi connectivity index (χ3v) is 2.25. The number of hydrogen-bond donors (Lipinski definition) is 2. The fourth-order valence-electron chi connectivity index (χ4n) is 1.43. The van der Waals surface area contributed by atoms with Crippen molar-refractivity contribution in [1.82, 2.24) is 24.9 Å². The third-order valence-electron chi connectivity index (χ3n) is 2.25. The Kier molecular flexibility index (Phi) is 3.08. The van der Waals surface area contributed by atoms with Crippen LogP contribution >= 0.6 is 0 Å². The summed E-state index contributed by atoms with van der Waals surface area (Å²) in [5, 5.41) is 10.7. The molecule has 0 aromatic carbocycles. The number of nitrogens with one attached hydrogen (secondary N) is 1. The number of rotatable bonds is 4. The third kappa shape index (κ3) is 2.83. The van der Waals surface area contributed by atoms with E-state index in [1.54, 1.807) is 35.0 Å². The Morgan fingerprint density at radius 3 is 2.82 bits per heavy atom. The van der Waals surface area contributed by atoms with Gasteiger partial charge in [-0.1, -0.05) is 0 Å². The Morgan fingerprint density at radius 2 is 2.24 bits per heavy atom. The molecule has 0 saturated carbocycles. The van der Waals surface area contributed by atoms with Gasteiger partial charge in [-0.05, 0) is 0 Å². The number of amides is 1. The highest BCUT2D eigenvalue weighted by atomic mass is 16.1. The summed E-state index contributed by atoms with van der Waals surface area (Å²) in [6, 6.07) is 0. The van der Waals surface area contributed by atoms with Gasteiger partial charge < -0.3 is 11.1 Å². The average Bonchev–Trinajstić information content (AvgIpc) is 2.88. The van der Waals surface area contributed by atoms with Crippen LogP contribution in [0.5, 0.6) is 0 Å². The van der Waals surface area contributed by atoms with Crippen molar-refractivity contribution in [3.05, 3.63) is 30.4 Å². The summed E-state index contributed by atoms with van der Waals surface area (Å²) in [5.41, 5.74) is 6.69. The minimum Gasteiger partial charge on any atom is -0.396 e. The van der Waals surface area contributed by atoms with E-state index in [0.29, 0.717) is 24.3 Å². The molecular weight excluding hydrogens is 220 g/mol. The van der Waals surface area contributed by atoms with Crippen LogP contribution in [0.15, 0.2) is 24.8 Å². The molecule has 3 N–H and O–H groups in total. The lowest BCUT2D eigenvalue weighted by atomic mass is 10.3. The summed E-state index contributed by atoms with van der Waals surface area (Å²) in [7, 11) is 1.77. The first-order valence-electron chi connectivity index (χ1n) is 5.20. The molecule has 0 aliphatic carbocycles. The summed E-state index contributed by atoms with van der Waals surface area (Å²) in [4.78, 5) is 11.6. The fourth-order valence-corrected chi connectivity index (χ4v) is 1.43. The zero-order valence-corrected chi connectivity index (χ0v) is 9.50. The molecule has 2 aromatic rings. The van der Waals surface area contributed by atoms with Crippen molar-refractivity contribution in [2.75, 3.05) is 12.3 Å². The number of carbonyl (C=O) groups is 1. The fraction of sp³-hybridized carbons (Fsp3) is 0.300.